The zero-order valence-electron chi connectivity index (χ0n) is 13.1. The third kappa shape index (κ3) is 2.22. The van der Waals surface area contributed by atoms with Crippen LogP contribution in [0.1, 0.15) is 21.7 Å². The second-order valence-corrected chi connectivity index (χ2v) is 5.75. The van der Waals surface area contributed by atoms with Crippen LogP contribution in [0.25, 0.3) is 21.9 Å². The molecule has 0 unspecified atom stereocenters. The van der Waals surface area contributed by atoms with E-state index in [1.165, 1.54) is 0 Å². The minimum absolute atomic E-state index is 0.0600. The lowest BCUT2D eigenvalue weighted by molar-refractivity contribution is 0.0690. The fourth-order valence-corrected chi connectivity index (χ4v) is 3.17. The van der Waals surface area contributed by atoms with Crippen LogP contribution in [0, 0.1) is 0 Å². The number of hydrogen-bond donors (Lipinski definition) is 1. The number of carbonyl (C=O) groups is 1. The van der Waals surface area contributed by atoms with Crippen molar-refractivity contribution >= 4 is 27.9 Å². The molecule has 0 aliphatic heterocycles. The molecule has 24 heavy (non-hydrogen) atoms. The molecule has 0 saturated carbocycles. The van der Waals surface area contributed by atoms with Crippen molar-refractivity contribution in [1.82, 2.24) is 14.5 Å². The summed E-state index contributed by atoms with van der Waals surface area (Å²) in [5, 5.41) is 11.2. The van der Waals surface area contributed by atoms with Crippen LogP contribution >= 0.6 is 0 Å². The largest absolute Gasteiger partial charge is 0.477 e. The van der Waals surface area contributed by atoms with E-state index in [2.05, 4.69) is 9.97 Å². The lowest BCUT2D eigenvalue weighted by atomic mass is 10.1. The number of fused-ring (bicyclic) bond motifs is 3. The Balaban J connectivity index is 2.05. The van der Waals surface area contributed by atoms with Crippen LogP contribution < -0.4 is 0 Å². The first-order chi connectivity index (χ1) is 11.6. The van der Waals surface area contributed by atoms with Crippen LogP contribution in [0.4, 0.5) is 0 Å². The molecular formula is C19H15N3O2. The summed E-state index contributed by atoms with van der Waals surface area (Å²) in [7, 11) is 1.94. The number of carboxylic acids is 1. The Kier molecular flexibility index (Phi) is 3.27. The first kappa shape index (κ1) is 14.4. The molecule has 0 aliphatic rings. The van der Waals surface area contributed by atoms with E-state index in [1.54, 1.807) is 12.3 Å². The molecule has 0 aliphatic carbocycles. The van der Waals surface area contributed by atoms with Crippen molar-refractivity contribution in [3.63, 3.8) is 0 Å². The number of benzene rings is 1. The standard InChI is InChI=1S/C19H15N3O2/c1-22-17-14(13-8-5-9-20-18(13)22)11-16(19(23)24)21-15(17)10-12-6-3-2-4-7-12/h2-9,11H,10H2,1H3,(H,23,24). The summed E-state index contributed by atoms with van der Waals surface area (Å²) in [5.74, 6) is -1.02. The van der Waals surface area contributed by atoms with Crippen LogP contribution in [0.5, 0.6) is 0 Å². The number of nitrogens with zero attached hydrogens (tertiary/aromatic N) is 3. The average molecular weight is 317 g/mol. The van der Waals surface area contributed by atoms with Gasteiger partial charge in [-0.2, -0.15) is 0 Å². The highest BCUT2D eigenvalue weighted by atomic mass is 16.4. The molecule has 5 heteroatoms. The molecule has 118 valence electrons. The molecule has 0 spiro atoms. The van der Waals surface area contributed by atoms with Gasteiger partial charge in [0.2, 0.25) is 0 Å². The molecule has 0 radical (unpaired) electrons. The molecule has 0 fully saturated rings. The Bertz CT molecular complexity index is 1070. The van der Waals surface area contributed by atoms with E-state index in [0.29, 0.717) is 6.42 Å². The minimum Gasteiger partial charge on any atom is -0.477 e. The zero-order chi connectivity index (χ0) is 16.7. The van der Waals surface area contributed by atoms with E-state index in [4.69, 9.17) is 0 Å². The molecule has 0 atom stereocenters. The average Bonchev–Trinajstić information content (AvgIpc) is 2.89. The van der Waals surface area contributed by atoms with Gasteiger partial charge in [-0.25, -0.2) is 14.8 Å². The summed E-state index contributed by atoms with van der Waals surface area (Å²) in [4.78, 5) is 20.3. The maximum atomic E-state index is 11.5. The highest BCUT2D eigenvalue weighted by molar-refractivity contribution is 6.09. The Morgan fingerprint density at radius 2 is 1.92 bits per heavy atom. The SMILES string of the molecule is Cn1c2ncccc2c2cc(C(=O)O)nc(Cc3ccccc3)c21. The lowest BCUT2D eigenvalue weighted by Crippen LogP contribution is -2.05. The predicted molar refractivity (Wildman–Crippen MR) is 92.2 cm³/mol. The van der Waals surface area contributed by atoms with Gasteiger partial charge in [0.25, 0.3) is 0 Å². The van der Waals surface area contributed by atoms with Crippen LogP contribution in [0.15, 0.2) is 54.7 Å². The van der Waals surface area contributed by atoms with Crippen LogP contribution in [0.3, 0.4) is 0 Å². The molecule has 3 aromatic heterocycles. The van der Waals surface area contributed by atoms with E-state index < -0.39 is 5.97 Å². The van der Waals surface area contributed by atoms with Crippen molar-refractivity contribution in [3.8, 4) is 0 Å². The first-order valence-corrected chi connectivity index (χ1v) is 7.65. The van der Waals surface area contributed by atoms with Crippen molar-refractivity contribution in [2.45, 2.75) is 6.42 Å². The first-order valence-electron chi connectivity index (χ1n) is 7.65. The molecular weight excluding hydrogens is 302 g/mol. The van der Waals surface area contributed by atoms with Crippen LogP contribution in [-0.4, -0.2) is 25.6 Å². The smallest absolute Gasteiger partial charge is 0.354 e. The maximum Gasteiger partial charge on any atom is 0.354 e. The number of rotatable bonds is 3. The summed E-state index contributed by atoms with van der Waals surface area (Å²) < 4.78 is 1.99. The Labute approximate surface area is 138 Å². The van der Waals surface area contributed by atoms with Gasteiger partial charge in [-0.05, 0) is 23.8 Å². The molecule has 0 saturated heterocycles. The van der Waals surface area contributed by atoms with Gasteiger partial charge < -0.3 is 9.67 Å². The zero-order valence-corrected chi connectivity index (χ0v) is 13.1. The normalized spacial score (nSPS) is 11.2. The van der Waals surface area contributed by atoms with Gasteiger partial charge >= 0.3 is 5.97 Å². The molecule has 0 bridgehead atoms. The molecule has 3 heterocycles. The van der Waals surface area contributed by atoms with Crippen molar-refractivity contribution in [2.24, 2.45) is 7.05 Å². The van der Waals surface area contributed by atoms with E-state index in [0.717, 1.165) is 33.2 Å². The van der Waals surface area contributed by atoms with Crippen molar-refractivity contribution in [3.05, 3.63) is 71.7 Å². The van der Waals surface area contributed by atoms with E-state index in [-0.39, 0.29) is 5.69 Å². The summed E-state index contributed by atoms with van der Waals surface area (Å²) >= 11 is 0. The number of aromatic nitrogens is 3. The number of carboxylic acid groups (broad SMARTS) is 1. The lowest BCUT2D eigenvalue weighted by Gasteiger charge is -2.07. The van der Waals surface area contributed by atoms with Gasteiger partial charge in [-0.15, -0.1) is 0 Å². The number of pyridine rings is 2. The van der Waals surface area contributed by atoms with Gasteiger partial charge in [0.15, 0.2) is 0 Å². The summed E-state index contributed by atoms with van der Waals surface area (Å²) in [6, 6.07) is 15.4. The van der Waals surface area contributed by atoms with Crippen molar-refractivity contribution in [2.75, 3.05) is 0 Å². The Morgan fingerprint density at radius 3 is 2.67 bits per heavy atom. The predicted octanol–water partition coefficient (Wildman–Crippen LogP) is 3.41. The fraction of sp³-hybridized carbons (Fsp3) is 0.105. The van der Waals surface area contributed by atoms with Gasteiger partial charge in [0, 0.05) is 30.4 Å². The topological polar surface area (TPSA) is 68.0 Å². The van der Waals surface area contributed by atoms with Gasteiger partial charge in [0.1, 0.15) is 11.3 Å². The molecule has 5 nitrogen and oxygen atoms in total. The molecule has 0 amide bonds. The monoisotopic (exact) mass is 317 g/mol. The molecule has 1 N–H and O–H groups in total. The van der Waals surface area contributed by atoms with E-state index >= 15 is 0 Å². The van der Waals surface area contributed by atoms with Crippen LogP contribution in [-0.2, 0) is 13.5 Å². The Morgan fingerprint density at radius 1 is 1.12 bits per heavy atom. The Hall–Kier alpha value is -3.21. The van der Waals surface area contributed by atoms with Gasteiger partial charge in [-0.1, -0.05) is 30.3 Å². The summed E-state index contributed by atoms with van der Waals surface area (Å²) in [5.41, 5.74) is 3.65. The highest BCUT2D eigenvalue weighted by Gasteiger charge is 2.18. The summed E-state index contributed by atoms with van der Waals surface area (Å²) in [6.07, 6.45) is 2.31. The number of aromatic carboxylic acids is 1. The molecule has 1 aromatic carbocycles. The number of aryl methyl sites for hydroxylation is 1. The molecule has 4 aromatic rings. The van der Waals surface area contributed by atoms with Crippen molar-refractivity contribution in [1.29, 1.82) is 0 Å². The van der Waals surface area contributed by atoms with Crippen LogP contribution in [0.2, 0.25) is 0 Å². The third-order valence-corrected chi connectivity index (χ3v) is 4.23. The second kappa shape index (κ2) is 5.45. The van der Waals surface area contributed by atoms with Gasteiger partial charge in [0.05, 0.1) is 11.2 Å². The summed E-state index contributed by atoms with van der Waals surface area (Å²) in [6.45, 7) is 0. The second-order valence-electron chi connectivity index (χ2n) is 5.75. The number of hydrogen-bond acceptors (Lipinski definition) is 3. The van der Waals surface area contributed by atoms with E-state index in [9.17, 15) is 9.90 Å². The van der Waals surface area contributed by atoms with E-state index in [1.807, 2.05) is 54.1 Å². The fourth-order valence-electron chi connectivity index (χ4n) is 3.17. The molecule has 4 rings (SSSR count). The van der Waals surface area contributed by atoms with Crippen molar-refractivity contribution < 1.29 is 9.90 Å². The van der Waals surface area contributed by atoms with Gasteiger partial charge in [-0.3, -0.25) is 0 Å². The quantitative estimate of drug-likeness (QED) is 0.629. The minimum atomic E-state index is -1.02. The third-order valence-electron chi connectivity index (χ3n) is 4.23. The highest BCUT2D eigenvalue weighted by Crippen LogP contribution is 2.30. The maximum absolute atomic E-state index is 11.5.